The summed E-state index contributed by atoms with van der Waals surface area (Å²) in [5.74, 6) is 0.323. The van der Waals surface area contributed by atoms with Crippen LogP contribution in [0.25, 0.3) is 17.0 Å². The molecule has 27 heavy (non-hydrogen) atoms. The largest absolute Gasteiger partial charge is 0.460 e. The van der Waals surface area contributed by atoms with Crippen LogP contribution in [0.3, 0.4) is 0 Å². The summed E-state index contributed by atoms with van der Waals surface area (Å²) in [4.78, 5) is 14.5. The predicted molar refractivity (Wildman–Crippen MR) is 103 cm³/mol. The minimum atomic E-state index is -3.93. The molecule has 138 valence electrons. The van der Waals surface area contributed by atoms with E-state index in [0.29, 0.717) is 11.1 Å². The first kappa shape index (κ1) is 17.8. The van der Waals surface area contributed by atoms with Crippen LogP contribution in [0.4, 0.5) is 0 Å². The minimum Gasteiger partial charge on any atom is -0.460 e. The Bertz CT molecular complexity index is 1180. The van der Waals surface area contributed by atoms with Gasteiger partial charge < -0.3 is 4.42 Å². The number of hydrazine groups is 1. The molecule has 4 rings (SSSR count). The average Bonchev–Trinajstić information content (AvgIpc) is 3.04. The number of aryl methyl sites for hydroxylation is 1. The van der Waals surface area contributed by atoms with E-state index in [9.17, 15) is 13.2 Å². The van der Waals surface area contributed by atoms with Crippen LogP contribution in [-0.2, 0) is 16.4 Å². The van der Waals surface area contributed by atoms with Gasteiger partial charge in [0.05, 0.1) is 4.90 Å². The van der Waals surface area contributed by atoms with Crippen LogP contribution in [0.5, 0.6) is 0 Å². The van der Waals surface area contributed by atoms with Crippen molar-refractivity contribution in [2.75, 3.05) is 0 Å². The highest BCUT2D eigenvalue weighted by atomic mass is 35.5. The molecule has 0 bridgehead atoms. The summed E-state index contributed by atoms with van der Waals surface area (Å²) in [6.45, 7) is 0. The van der Waals surface area contributed by atoms with Crippen molar-refractivity contribution >= 4 is 44.6 Å². The second-order valence-electron chi connectivity index (χ2n) is 6.11. The summed E-state index contributed by atoms with van der Waals surface area (Å²) in [5.41, 5.74) is 4.20. The van der Waals surface area contributed by atoms with Gasteiger partial charge in [0.15, 0.2) is 0 Å². The Morgan fingerprint density at radius 3 is 2.81 bits per heavy atom. The van der Waals surface area contributed by atoms with E-state index in [2.05, 4.69) is 16.3 Å². The third-order valence-electron chi connectivity index (χ3n) is 4.29. The van der Waals surface area contributed by atoms with Gasteiger partial charge in [-0.2, -0.15) is 0 Å². The van der Waals surface area contributed by atoms with Crippen molar-refractivity contribution in [1.82, 2.24) is 10.3 Å². The fourth-order valence-electron chi connectivity index (χ4n) is 2.97. The highest BCUT2D eigenvalue weighted by Crippen LogP contribution is 2.31. The van der Waals surface area contributed by atoms with E-state index in [1.807, 2.05) is 6.08 Å². The molecule has 1 aromatic heterocycles. The Balaban J connectivity index is 1.56. The lowest BCUT2D eigenvalue weighted by atomic mass is 10.0. The lowest BCUT2D eigenvalue weighted by molar-refractivity contribution is 0.0945. The van der Waals surface area contributed by atoms with Crippen LogP contribution in [0.1, 0.15) is 28.1 Å². The number of benzene rings is 2. The summed E-state index contributed by atoms with van der Waals surface area (Å²) in [6, 6.07) is 10.8. The number of carbonyl (C=O) groups excluding carboxylic acids is 1. The number of nitrogens with one attached hydrogen (secondary N) is 2. The van der Waals surface area contributed by atoms with Gasteiger partial charge in [-0.05, 0) is 42.8 Å². The van der Waals surface area contributed by atoms with Crippen molar-refractivity contribution < 1.29 is 17.6 Å². The molecule has 0 aliphatic heterocycles. The number of hydrogen-bond donors (Lipinski definition) is 2. The fraction of sp³-hybridized carbons (Fsp3) is 0.105. The highest BCUT2D eigenvalue weighted by molar-refractivity contribution is 7.89. The van der Waals surface area contributed by atoms with E-state index in [1.54, 1.807) is 24.3 Å². The van der Waals surface area contributed by atoms with Crippen molar-refractivity contribution in [3.8, 4) is 0 Å². The molecule has 6 nitrogen and oxygen atoms in total. The number of furan rings is 1. The summed E-state index contributed by atoms with van der Waals surface area (Å²) < 4.78 is 30.3. The summed E-state index contributed by atoms with van der Waals surface area (Å²) in [7, 11) is -3.93. The zero-order valence-corrected chi connectivity index (χ0v) is 15.6. The molecule has 0 fully saturated rings. The summed E-state index contributed by atoms with van der Waals surface area (Å²) in [6.07, 6.45) is 5.78. The third-order valence-corrected chi connectivity index (χ3v) is 5.77. The quantitative estimate of drug-likeness (QED) is 0.652. The topological polar surface area (TPSA) is 88.4 Å². The van der Waals surface area contributed by atoms with Gasteiger partial charge in [0, 0.05) is 28.0 Å². The molecule has 3 aromatic rings. The zero-order valence-electron chi connectivity index (χ0n) is 14.0. The van der Waals surface area contributed by atoms with Gasteiger partial charge in [-0.25, -0.2) is 8.42 Å². The van der Waals surface area contributed by atoms with Crippen LogP contribution in [0.2, 0.25) is 5.02 Å². The Morgan fingerprint density at radius 1 is 1.15 bits per heavy atom. The van der Waals surface area contributed by atoms with Crippen molar-refractivity contribution in [2.45, 2.75) is 17.7 Å². The van der Waals surface area contributed by atoms with Gasteiger partial charge in [-0.3, -0.25) is 10.2 Å². The van der Waals surface area contributed by atoms with Crippen molar-refractivity contribution in [3.63, 3.8) is 0 Å². The molecule has 2 aromatic carbocycles. The molecule has 1 aliphatic carbocycles. The van der Waals surface area contributed by atoms with E-state index in [-0.39, 0.29) is 9.92 Å². The Morgan fingerprint density at radius 2 is 2.00 bits per heavy atom. The molecular formula is C19H15ClN2O4S. The van der Waals surface area contributed by atoms with E-state index < -0.39 is 15.9 Å². The number of sulfonamides is 1. The normalized spacial score (nSPS) is 13.5. The summed E-state index contributed by atoms with van der Waals surface area (Å²) in [5, 5.41) is 1.11. The maximum absolute atomic E-state index is 12.4. The smallest absolute Gasteiger partial charge is 0.266 e. The zero-order chi connectivity index (χ0) is 19.0. The SMILES string of the molecule is O=C(NNS(=O)(=O)c1cccc(Cl)c1)c1ccc2oc3c(c2c1)C=CCC3. The van der Waals surface area contributed by atoms with Gasteiger partial charge >= 0.3 is 0 Å². The lowest BCUT2D eigenvalue weighted by Gasteiger charge is -2.09. The number of fused-ring (bicyclic) bond motifs is 3. The summed E-state index contributed by atoms with van der Waals surface area (Å²) >= 11 is 5.82. The van der Waals surface area contributed by atoms with Crippen LogP contribution < -0.4 is 10.3 Å². The maximum Gasteiger partial charge on any atom is 0.266 e. The lowest BCUT2D eigenvalue weighted by Crippen LogP contribution is -2.41. The van der Waals surface area contributed by atoms with Crippen molar-refractivity contribution in [1.29, 1.82) is 0 Å². The second kappa shape index (κ2) is 6.84. The Hall–Kier alpha value is -2.61. The first-order valence-corrected chi connectivity index (χ1v) is 10.1. The minimum absolute atomic E-state index is 0.0419. The number of hydrogen-bond acceptors (Lipinski definition) is 4. The molecular weight excluding hydrogens is 388 g/mol. The maximum atomic E-state index is 12.4. The van der Waals surface area contributed by atoms with Crippen molar-refractivity contribution in [2.24, 2.45) is 0 Å². The monoisotopic (exact) mass is 402 g/mol. The Labute approximate surface area is 160 Å². The number of amides is 1. The van der Waals surface area contributed by atoms with Crippen molar-refractivity contribution in [3.05, 3.63) is 70.5 Å². The predicted octanol–water partition coefficient (Wildman–Crippen LogP) is 3.67. The van der Waals surface area contributed by atoms with Gasteiger partial charge in [0.25, 0.3) is 15.9 Å². The third kappa shape index (κ3) is 3.49. The van der Waals surface area contributed by atoms with Gasteiger partial charge in [-0.15, -0.1) is 4.83 Å². The molecule has 0 atom stereocenters. The van der Waals surface area contributed by atoms with E-state index in [1.165, 1.54) is 18.2 Å². The molecule has 0 saturated carbocycles. The van der Waals surface area contributed by atoms with Crippen LogP contribution in [-0.4, -0.2) is 14.3 Å². The van der Waals surface area contributed by atoms with Gasteiger partial charge in [0.1, 0.15) is 11.3 Å². The van der Waals surface area contributed by atoms with Gasteiger partial charge in [0.2, 0.25) is 0 Å². The number of halogens is 1. The number of allylic oxidation sites excluding steroid dienone is 1. The first-order valence-electron chi connectivity index (χ1n) is 8.24. The molecule has 1 amide bonds. The van der Waals surface area contributed by atoms with E-state index >= 15 is 0 Å². The number of rotatable bonds is 4. The first-order chi connectivity index (χ1) is 12.9. The molecule has 0 radical (unpaired) electrons. The van der Waals surface area contributed by atoms with Crippen LogP contribution >= 0.6 is 11.6 Å². The molecule has 0 unspecified atom stereocenters. The second-order valence-corrected chi connectivity index (χ2v) is 8.23. The van der Waals surface area contributed by atoms with E-state index in [0.717, 1.165) is 29.6 Å². The van der Waals surface area contributed by atoms with Crippen LogP contribution in [0.15, 0.2) is 57.9 Å². The molecule has 1 aliphatic rings. The van der Waals surface area contributed by atoms with Crippen LogP contribution in [0, 0.1) is 0 Å². The fourth-order valence-corrected chi connectivity index (χ4v) is 4.11. The molecule has 1 heterocycles. The van der Waals surface area contributed by atoms with Gasteiger partial charge in [-0.1, -0.05) is 29.8 Å². The number of carbonyl (C=O) groups is 1. The molecule has 0 saturated heterocycles. The van der Waals surface area contributed by atoms with E-state index in [4.69, 9.17) is 16.0 Å². The standard InChI is InChI=1S/C19H15ClN2O4S/c20-13-4-3-5-14(11-13)27(24,25)22-21-19(23)12-8-9-18-16(10-12)15-6-1-2-7-17(15)26-18/h1,3-6,8-11,22H,2,7H2,(H,21,23). The molecule has 0 spiro atoms. The Kier molecular flexibility index (Phi) is 4.51. The molecule has 2 N–H and O–H groups in total. The molecule has 8 heteroatoms. The average molecular weight is 403 g/mol. The highest BCUT2D eigenvalue weighted by Gasteiger charge is 2.18.